The summed E-state index contributed by atoms with van der Waals surface area (Å²) in [6, 6.07) is 4.82. The van der Waals surface area contributed by atoms with E-state index >= 15 is 0 Å². The van der Waals surface area contributed by atoms with Gasteiger partial charge in [0.1, 0.15) is 5.75 Å². The molecule has 0 aromatic heterocycles. The molecular weight excluding hydrogens is 358 g/mol. The smallest absolute Gasteiger partial charge is 0.200 e. The Hall–Kier alpha value is -1.68. The molecule has 2 aromatic carbocycles. The number of rotatable bonds is 5. The van der Waals surface area contributed by atoms with Crippen molar-refractivity contribution in [3.63, 3.8) is 0 Å². The van der Waals surface area contributed by atoms with Crippen LogP contribution in [-0.2, 0) is 5.16 Å². The summed E-state index contributed by atoms with van der Waals surface area (Å²) in [7, 11) is -0.734. The molecule has 0 aliphatic rings. The van der Waals surface area contributed by atoms with Crippen molar-refractivity contribution in [1.82, 2.24) is 0 Å². The topological polar surface area (TPSA) is 20.2 Å². The van der Waals surface area contributed by atoms with Crippen LogP contribution in [-0.4, -0.2) is 5.11 Å². The van der Waals surface area contributed by atoms with Crippen molar-refractivity contribution in [3.8, 4) is 5.75 Å². The summed E-state index contributed by atoms with van der Waals surface area (Å²) in [5.41, 5.74) is 1.26. The van der Waals surface area contributed by atoms with Crippen LogP contribution >= 0.6 is 8.58 Å². The highest BCUT2D eigenvalue weighted by molar-refractivity contribution is 7.48. The number of hydrogen-bond donors (Lipinski definition) is 1. The van der Waals surface area contributed by atoms with Crippen molar-refractivity contribution in [3.05, 3.63) is 58.4 Å². The van der Waals surface area contributed by atoms with Crippen LogP contribution in [0.1, 0.15) is 37.8 Å². The SMILES string of the molecule is CCC(CC)(Pc1c(F)c(F)c(F)c(F)c1F)c1cc(C)ccc1O. The first kappa shape index (κ1) is 19.6. The number of aryl methyl sites for hydroxylation is 1. The zero-order chi connectivity index (χ0) is 18.9. The molecule has 0 saturated carbocycles. The maximum Gasteiger partial charge on any atom is 0.200 e. The number of phenolic OH excluding ortho intramolecular Hbond substituents is 1. The van der Waals surface area contributed by atoms with Crippen molar-refractivity contribution in [2.45, 2.75) is 38.8 Å². The van der Waals surface area contributed by atoms with Gasteiger partial charge < -0.3 is 5.11 Å². The highest BCUT2D eigenvalue weighted by Gasteiger charge is 2.36. The number of benzene rings is 2. The Balaban J connectivity index is 2.67. The lowest BCUT2D eigenvalue weighted by molar-refractivity contribution is 0.384. The van der Waals surface area contributed by atoms with E-state index in [1.165, 1.54) is 6.07 Å². The summed E-state index contributed by atoms with van der Waals surface area (Å²) in [6.45, 7) is 5.30. The van der Waals surface area contributed by atoms with Gasteiger partial charge in [-0.2, -0.15) is 0 Å². The molecule has 136 valence electrons. The zero-order valence-electron chi connectivity index (χ0n) is 14.0. The van der Waals surface area contributed by atoms with Gasteiger partial charge in [-0.05, 0) is 25.8 Å². The van der Waals surface area contributed by atoms with Crippen molar-refractivity contribution in [2.75, 3.05) is 0 Å². The monoisotopic (exact) mass is 376 g/mol. The highest BCUT2D eigenvalue weighted by Crippen LogP contribution is 2.50. The Morgan fingerprint density at radius 1 is 0.880 bits per heavy atom. The summed E-state index contributed by atoms with van der Waals surface area (Å²) in [6.07, 6.45) is 0.719. The van der Waals surface area contributed by atoms with E-state index in [1.807, 2.05) is 0 Å². The molecule has 0 saturated heterocycles. The zero-order valence-corrected chi connectivity index (χ0v) is 15.0. The van der Waals surface area contributed by atoms with Gasteiger partial charge in [0.2, 0.25) is 5.82 Å². The molecule has 1 N–H and O–H groups in total. The van der Waals surface area contributed by atoms with E-state index in [1.54, 1.807) is 32.9 Å². The fourth-order valence-corrected chi connectivity index (χ4v) is 4.47. The molecule has 0 spiro atoms. The average Bonchev–Trinajstić information content (AvgIpc) is 2.61. The lowest BCUT2D eigenvalue weighted by atomic mass is 9.91. The quantitative estimate of drug-likeness (QED) is 0.320. The summed E-state index contributed by atoms with van der Waals surface area (Å²) < 4.78 is 68.6. The second kappa shape index (κ2) is 7.28. The minimum absolute atomic E-state index is 0.0642. The van der Waals surface area contributed by atoms with Crippen molar-refractivity contribution in [1.29, 1.82) is 0 Å². The molecule has 25 heavy (non-hydrogen) atoms. The fourth-order valence-electron chi connectivity index (χ4n) is 2.86. The van der Waals surface area contributed by atoms with Gasteiger partial charge >= 0.3 is 0 Å². The van der Waals surface area contributed by atoms with Crippen LogP contribution in [0.3, 0.4) is 0 Å². The molecule has 1 unspecified atom stereocenters. The summed E-state index contributed by atoms with van der Waals surface area (Å²) in [5.74, 6) is -9.75. The van der Waals surface area contributed by atoms with E-state index in [0.717, 1.165) is 5.56 Å². The van der Waals surface area contributed by atoms with E-state index in [0.29, 0.717) is 18.4 Å². The summed E-state index contributed by atoms with van der Waals surface area (Å²) in [4.78, 5) is 0. The fraction of sp³-hybridized carbons (Fsp3) is 0.333. The van der Waals surface area contributed by atoms with E-state index in [-0.39, 0.29) is 5.75 Å². The molecule has 1 atom stereocenters. The largest absolute Gasteiger partial charge is 0.508 e. The average molecular weight is 376 g/mol. The highest BCUT2D eigenvalue weighted by atomic mass is 31.1. The first-order valence-electron chi connectivity index (χ1n) is 7.78. The minimum atomic E-state index is -2.17. The Labute approximate surface area is 144 Å². The van der Waals surface area contributed by atoms with Crippen molar-refractivity contribution in [2.24, 2.45) is 0 Å². The molecule has 0 radical (unpaired) electrons. The Kier molecular flexibility index (Phi) is 5.72. The third kappa shape index (κ3) is 3.37. The van der Waals surface area contributed by atoms with Crippen LogP contribution in [0.25, 0.3) is 0 Å². The molecule has 0 heterocycles. The van der Waals surface area contributed by atoms with E-state index in [9.17, 15) is 27.1 Å². The van der Waals surface area contributed by atoms with Crippen LogP contribution in [0.5, 0.6) is 5.75 Å². The number of aromatic hydroxyl groups is 1. The predicted octanol–water partition coefficient (Wildman–Crippen LogP) is 5.42. The maximum absolute atomic E-state index is 14.1. The standard InChI is InChI=1S/C18H18F5OP/c1-4-18(5-2,10-8-9(3)6-7-11(10)24)25-17-15(22)13(20)12(19)14(21)16(17)23/h6-8,24-25H,4-5H2,1-3H3. The van der Waals surface area contributed by atoms with Gasteiger partial charge in [0.25, 0.3) is 0 Å². The molecule has 2 aromatic rings. The Bertz CT molecular complexity index is 774. The Morgan fingerprint density at radius 3 is 1.84 bits per heavy atom. The number of phenols is 1. The van der Waals surface area contributed by atoms with Crippen LogP contribution in [0.4, 0.5) is 22.0 Å². The molecule has 0 fully saturated rings. The van der Waals surface area contributed by atoms with Gasteiger partial charge in [0.15, 0.2) is 23.3 Å². The molecule has 0 aliphatic heterocycles. The van der Waals surface area contributed by atoms with Gasteiger partial charge in [-0.25, -0.2) is 22.0 Å². The molecule has 0 aliphatic carbocycles. The van der Waals surface area contributed by atoms with Gasteiger partial charge in [0.05, 0.1) is 5.30 Å². The number of halogens is 5. The first-order valence-corrected chi connectivity index (χ1v) is 8.78. The number of hydrogen-bond acceptors (Lipinski definition) is 1. The first-order chi connectivity index (χ1) is 11.7. The summed E-state index contributed by atoms with van der Waals surface area (Å²) >= 11 is 0. The van der Waals surface area contributed by atoms with Gasteiger partial charge in [-0.1, -0.05) is 40.1 Å². The maximum atomic E-state index is 14.1. The van der Waals surface area contributed by atoms with E-state index < -0.39 is 48.1 Å². The lowest BCUT2D eigenvalue weighted by Crippen LogP contribution is -2.26. The van der Waals surface area contributed by atoms with Gasteiger partial charge in [0, 0.05) is 10.7 Å². The van der Waals surface area contributed by atoms with E-state index in [2.05, 4.69) is 0 Å². The molecule has 7 heteroatoms. The second-order valence-corrected chi connectivity index (χ2v) is 7.59. The Morgan fingerprint density at radius 2 is 1.36 bits per heavy atom. The van der Waals surface area contributed by atoms with Crippen LogP contribution in [0.15, 0.2) is 18.2 Å². The minimum Gasteiger partial charge on any atom is -0.508 e. The molecule has 1 nitrogen and oxygen atoms in total. The second-order valence-electron chi connectivity index (χ2n) is 5.88. The van der Waals surface area contributed by atoms with Crippen molar-refractivity contribution < 1.29 is 27.1 Å². The molecular formula is C18H18F5OP. The molecule has 2 rings (SSSR count). The van der Waals surface area contributed by atoms with Crippen molar-refractivity contribution >= 4 is 13.9 Å². The van der Waals surface area contributed by atoms with Gasteiger partial charge in [-0.15, -0.1) is 0 Å². The summed E-state index contributed by atoms with van der Waals surface area (Å²) in [5, 5.41) is 8.44. The predicted molar refractivity (Wildman–Crippen MR) is 89.3 cm³/mol. The van der Waals surface area contributed by atoms with Crippen LogP contribution in [0.2, 0.25) is 0 Å². The normalized spacial score (nSPS) is 12.3. The third-order valence-electron chi connectivity index (χ3n) is 4.45. The molecule has 0 amide bonds. The molecule has 0 bridgehead atoms. The van der Waals surface area contributed by atoms with Crippen LogP contribution < -0.4 is 5.30 Å². The third-order valence-corrected chi connectivity index (χ3v) is 6.59. The van der Waals surface area contributed by atoms with Gasteiger partial charge in [-0.3, -0.25) is 0 Å². The lowest BCUT2D eigenvalue weighted by Gasteiger charge is -2.33. The van der Waals surface area contributed by atoms with E-state index in [4.69, 9.17) is 0 Å². The van der Waals surface area contributed by atoms with Crippen LogP contribution in [0, 0.1) is 36.0 Å².